The molecule has 0 bridgehead atoms. The summed E-state index contributed by atoms with van der Waals surface area (Å²) >= 11 is 11.4. The van der Waals surface area contributed by atoms with Gasteiger partial charge in [0.1, 0.15) is 5.82 Å². The molecule has 0 amide bonds. The SMILES string of the molecule is Fc1ccccc1-n1c(Cl)nnc1Cl. The zero-order chi connectivity index (χ0) is 10.1. The van der Waals surface area contributed by atoms with E-state index in [9.17, 15) is 4.39 Å². The van der Waals surface area contributed by atoms with Crippen molar-refractivity contribution in [2.75, 3.05) is 0 Å². The van der Waals surface area contributed by atoms with Gasteiger partial charge in [0.25, 0.3) is 0 Å². The Labute approximate surface area is 89.1 Å². The van der Waals surface area contributed by atoms with Gasteiger partial charge >= 0.3 is 0 Å². The molecular weight excluding hydrogens is 228 g/mol. The third kappa shape index (κ3) is 1.47. The first kappa shape index (κ1) is 9.43. The normalized spacial score (nSPS) is 10.5. The molecule has 0 atom stereocenters. The van der Waals surface area contributed by atoms with Crippen molar-refractivity contribution in [1.29, 1.82) is 0 Å². The van der Waals surface area contributed by atoms with E-state index < -0.39 is 5.82 Å². The van der Waals surface area contributed by atoms with Crippen LogP contribution in [0.1, 0.15) is 0 Å². The summed E-state index contributed by atoms with van der Waals surface area (Å²) in [5.74, 6) is -0.434. The Morgan fingerprint density at radius 2 is 1.64 bits per heavy atom. The van der Waals surface area contributed by atoms with Gasteiger partial charge in [0.15, 0.2) is 0 Å². The predicted molar refractivity (Wildman–Crippen MR) is 51.3 cm³/mol. The summed E-state index contributed by atoms with van der Waals surface area (Å²) in [6, 6.07) is 6.09. The third-order valence-corrected chi connectivity index (χ3v) is 2.17. The highest BCUT2D eigenvalue weighted by Gasteiger charge is 2.12. The molecule has 0 N–H and O–H groups in total. The summed E-state index contributed by atoms with van der Waals surface area (Å²) in [6.07, 6.45) is 0. The molecule has 0 aliphatic rings. The van der Waals surface area contributed by atoms with Crippen molar-refractivity contribution >= 4 is 23.2 Å². The summed E-state index contributed by atoms with van der Waals surface area (Å²) in [5.41, 5.74) is 0.229. The molecule has 14 heavy (non-hydrogen) atoms. The third-order valence-electron chi connectivity index (χ3n) is 1.68. The highest BCUT2D eigenvalue weighted by atomic mass is 35.5. The molecule has 0 fully saturated rings. The highest BCUT2D eigenvalue weighted by Crippen LogP contribution is 2.21. The molecule has 1 aromatic carbocycles. The van der Waals surface area contributed by atoms with Crippen molar-refractivity contribution in [3.8, 4) is 5.69 Å². The maximum absolute atomic E-state index is 13.3. The van der Waals surface area contributed by atoms with Crippen LogP contribution in [0.2, 0.25) is 10.6 Å². The van der Waals surface area contributed by atoms with Gasteiger partial charge in [-0.15, -0.1) is 10.2 Å². The lowest BCUT2D eigenvalue weighted by Gasteiger charge is -2.04. The summed E-state index contributed by atoms with van der Waals surface area (Å²) < 4.78 is 14.5. The Balaban J connectivity index is 2.66. The minimum atomic E-state index is -0.434. The topological polar surface area (TPSA) is 30.7 Å². The quantitative estimate of drug-likeness (QED) is 0.756. The molecule has 0 unspecified atom stereocenters. The highest BCUT2D eigenvalue weighted by molar-refractivity contribution is 6.32. The van der Waals surface area contributed by atoms with Crippen LogP contribution in [0, 0.1) is 5.82 Å². The Morgan fingerprint density at radius 3 is 2.21 bits per heavy atom. The summed E-state index contributed by atoms with van der Waals surface area (Å²) in [7, 11) is 0. The second-order valence-electron chi connectivity index (χ2n) is 2.52. The van der Waals surface area contributed by atoms with Crippen LogP contribution in [0.5, 0.6) is 0 Å². The van der Waals surface area contributed by atoms with Gasteiger partial charge in [-0.25, -0.2) is 4.39 Å². The first-order chi connectivity index (χ1) is 6.70. The average Bonchev–Trinajstić information content (AvgIpc) is 2.48. The summed E-state index contributed by atoms with van der Waals surface area (Å²) in [5, 5.41) is 7.08. The fraction of sp³-hybridized carbons (Fsp3) is 0. The molecule has 0 aliphatic heterocycles. The van der Waals surface area contributed by atoms with Crippen LogP contribution >= 0.6 is 23.2 Å². The number of hydrogen-bond donors (Lipinski definition) is 0. The van der Waals surface area contributed by atoms with Crippen molar-refractivity contribution in [3.63, 3.8) is 0 Å². The molecule has 2 aromatic rings. The number of para-hydroxylation sites is 1. The van der Waals surface area contributed by atoms with Gasteiger partial charge in [0.2, 0.25) is 10.6 Å². The lowest BCUT2D eigenvalue weighted by Crippen LogP contribution is -1.97. The van der Waals surface area contributed by atoms with E-state index in [1.54, 1.807) is 12.1 Å². The fourth-order valence-corrected chi connectivity index (χ4v) is 1.54. The number of aromatic nitrogens is 3. The lowest BCUT2D eigenvalue weighted by molar-refractivity contribution is 0.618. The van der Waals surface area contributed by atoms with E-state index in [4.69, 9.17) is 23.2 Å². The molecule has 2 rings (SSSR count). The molecule has 0 saturated carbocycles. The zero-order valence-corrected chi connectivity index (χ0v) is 8.30. The van der Waals surface area contributed by atoms with Gasteiger partial charge in [0, 0.05) is 0 Å². The number of benzene rings is 1. The van der Waals surface area contributed by atoms with Crippen LogP contribution in [0.3, 0.4) is 0 Å². The molecule has 0 spiro atoms. The van der Waals surface area contributed by atoms with Crippen molar-refractivity contribution in [2.24, 2.45) is 0 Å². The number of hydrogen-bond acceptors (Lipinski definition) is 2. The van der Waals surface area contributed by atoms with Gasteiger partial charge in [-0.3, -0.25) is 4.57 Å². The van der Waals surface area contributed by atoms with E-state index >= 15 is 0 Å². The Bertz CT molecular complexity index is 450. The zero-order valence-electron chi connectivity index (χ0n) is 6.78. The predicted octanol–water partition coefficient (Wildman–Crippen LogP) is 2.71. The first-order valence-corrected chi connectivity index (χ1v) is 4.47. The van der Waals surface area contributed by atoms with Crippen LogP contribution in [0.25, 0.3) is 5.69 Å². The van der Waals surface area contributed by atoms with E-state index in [1.807, 2.05) is 0 Å². The van der Waals surface area contributed by atoms with E-state index in [2.05, 4.69) is 10.2 Å². The summed E-state index contributed by atoms with van der Waals surface area (Å²) in [6.45, 7) is 0. The smallest absolute Gasteiger partial charge is 0.230 e. The molecule has 1 heterocycles. The van der Waals surface area contributed by atoms with Gasteiger partial charge in [-0.05, 0) is 35.3 Å². The van der Waals surface area contributed by atoms with Gasteiger partial charge < -0.3 is 0 Å². The fourth-order valence-electron chi connectivity index (χ4n) is 1.08. The molecule has 0 radical (unpaired) electrons. The van der Waals surface area contributed by atoms with Crippen molar-refractivity contribution in [1.82, 2.24) is 14.8 Å². The van der Waals surface area contributed by atoms with Crippen LogP contribution < -0.4 is 0 Å². The Morgan fingerprint density at radius 1 is 1.07 bits per heavy atom. The second kappa shape index (κ2) is 3.55. The Hall–Kier alpha value is -1.13. The molecule has 6 heteroatoms. The second-order valence-corrected chi connectivity index (χ2v) is 3.20. The molecule has 0 saturated heterocycles. The summed E-state index contributed by atoms with van der Waals surface area (Å²) in [4.78, 5) is 0. The van der Waals surface area contributed by atoms with Gasteiger partial charge in [-0.2, -0.15) is 0 Å². The standard InChI is InChI=1S/C8H4Cl2FN3/c9-7-12-13-8(10)14(7)6-4-2-1-3-5(6)11/h1-4H. The minimum absolute atomic E-state index is 0.0279. The van der Waals surface area contributed by atoms with Crippen LogP contribution in [0.4, 0.5) is 4.39 Å². The van der Waals surface area contributed by atoms with Crippen LogP contribution in [-0.2, 0) is 0 Å². The monoisotopic (exact) mass is 231 g/mol. The van der Waals surface area contributed by atoms with E-state index in [1.165, 1.54) is 16.7 Å². The van der Waals surface area contributed by atoms with Crippen LogP contribution in [0.15, 0.2) is 24.3 Å². The van der Waals surface area contributed by atoms with E-state index in [-0.39, 0.29) is 16.3 Å². The van der Waals surface area contributed by atoms with Crippen LogP contribution in [-0.4, -0.2) is 14.8 Å². The molecule has 3 nitrogen and oxygen atoms in total. The minimum Gasteiger partial charge on any atom is -0.254 e. The van der Waals surface area contributed by atoms with E-state index in [0.29, 0.717) is 0 Å². The number of halogens is 3. The first-order valence-electron chi connectivity index (χ1n) is 3.71. The Kier molecular flexibility index (Phi) is 2.39. The van der Waals surface area contributed by atoms with Crippen molar-refractivity contribution < 1.29 is 4.39 Å². The molecule has 1 aromatic heterocycles. The molecule has 0 aliphatic carbocycles. The lowest BCUT2D eigenvalue weighted by atomic mass is 10.3. The molecular formula is C8H4Cl2FN3. The van der Waals surface area contributed by atoms with Crippen molar-refractivity contribution in [2.45, 2.75) is 0 Å². The van der Waals surface area contributed by atoms with Gasteiger partial charge in [0.05, 0.1) is 5.69 Å². The van der Waals surface area contributed by atoms with Gasteiger partial charge in [-0.1, -0.05) is 12.1 Å². The maximum atomic E-state index is 13.3. The van der Waals surface area contributed by atoms with E-state index in [0.717, 1.165) is 0 Å². The number of nitrogens with zero attached hydrogens (tertiary/aromatic N) is 3. The largest absolute Gasteiger partial charge is 0.254 e. The number of rotatable bonds is 1. The average molecular weight is 232 g/mol. The molecule has 72 valence electrons. The van der Waals surface area contributed by atoms with Crippen molar-refractivity contribution in [3.05, 3.63) is 40.6 Å². The maximum Gasteiger partial charge on any atom is 0.230 e.